The van der Waals surface area contributed by atoms with Crippen molar-refractivity contribution in [3.63, 3.8) is 0 Å². The van der Waals surface area contributed by atoms with Gasteiger partial charge < -0.3 is 10.2 Å². The molecule has 0 radical (unpaired) electrons. The van der Waals surface area contributed by atoms with E-state index in [2.05, 4.69) is 47.1 Å². The zero-order valence-electron chi connectivity index (χ0n) is 13.3. The summed E-state index contributed by atoms with van der Waals surface area (Å²) in [6, 6.07) is 2.17. The van der Waals surface area contributed by atoms with Crippen LogP contribution in [0.2, 0.25) is 0 Å². The van der Waals surface area contributed by atoms with Crippen LogP contribution in [0, 0.1) is 13.8 Å². The lowest BCUT2D eigenvalue weighted by molar-refractivity contribution is 0.671. The van der Waals surface area contributed by atoms with Crippen molar-refractivity contribution in [2.75, 3.05) is 18.5 Å². The molecule has 2 aromatic rings. The molecule has 0 amide bonds. The first-order chi connectivity index (χ1) is 10.1. The maximum Gasteiger partial charge on any atom is 0.0798 e. The van der Waals surface area contributed by atoms with E-state index >= 15 is 0 Å². The predicted octanol–water partition coefficient (Wildman–Crippen LogP) is 3.29. The van der Waals surface area contributed by atoms with Gasteiger partial charge in [-0.3, -0.25) is 4.98 Å². The van der Waals surface area contributed by atoms with Crippen LogP contribution in [0.3, 0.4) is 0 Å². The number of nitrogens with one attached hydrogen (secondary N) is 1. The first-order valence-corrected chi connectivity index (χ1v) is 8.26. The zero-order chi connectivity index (χ0) is 15.2. The number of rotatable bonds is 7. The molecule has 5 heteroatoms. The Morgan fingerprint density at radius 2 is 2.10 bits per heavy atom. The number of anilines is 1. The van der Waals surface area contributed by atoms with Crippen LogP contribution in [0.4, 0.5) is 5.69 Å². The maximum atomic E-state index is 4.44. The fourth-order valence-electron chi connectivity index (χ4n) is 2.24. The standard InChI is InChI=1S/C16H24N4S/c1-5-6-17-8-14-9-18-12(2)7-15(14)20(4)10-16-13(3)19-11-21-16/h7,9,11,17H,5-6,8,10H2,1-4H3. The fraction of sp³-hybridized carbons (Fsp3) is 0.500. The van der Waals surface area contributed by atoms with Gasteiger partial charge in [0.2, 0.25) is 0 Å². The number of pyridine rings is 1. The van der Waals surface area contributed by atoms with Crippen molar-refractivity contribution in [3.05, 3.63) is 39.6 Å². The molecule has 0 spiro atoms. The average Bonchev–Trinajstić information content (AvgIpc) is 2.86. The fourth-order valence-corrected chi connectivity index (χ4v) is 3.07. The lowest BCUT2D eigenvalue weighted by Gasteiger charge is -2.22. The van der Waals surface area contributed by atoms with Gasteiger partial charge in [0.1, 0.15) is 0 Å². The molecule has 0 atom stereocenters. The van der Waals surface area contributed by atoms with E-state index in [9.17, 15) is 0 Å². The molecular weight excluding hydrogens is 280 g/mol. The lowest BCUT2D eigenvalue weighted by Crippen LogP contribution is -2.21. The van der Waals surface area contributed by atoms with Gasteiger partial charge in [0.05, 0.1) is 17.7 Å². The van der Waals surface area contributed by atoms with Gasteiger partial charge in [0, 0.05) is 41.6 Å². The van der Waals surface area contributed by atoms with E-state index in [1.165, 1.54) is 16.1 Å². The van der Waals surface area contributed by atoms with Crippen molar-refractivity contribution in [3.8, 4) is 0 Å². The summed E-state index contributed by atoms with van der Waals surface area (Å²) in [5.74, 6) is 0. The molecule has 2 aromatic heterocycles. The summed E-state index contributed by atoms with van der Waals surface area (Å²) in [5, 5.41) is 3.46. The highest BCUT2D eigenvalue weighted by Gasteiger charge is 2.11. The number of nitrogens with zero attached hydrogens (tertiary/aromatic N) is 3. The molecule has 0 aliphatic rings. The predicted molar refractivity (Wildman–Crippen MR) is 89.9 cm³/mol. The first kappa shape index (κ1) is 15.9. The highest BCUT2D eigenvalue weighted by molar-refractivity contribution is 7.09. The highest BCUT2D eigenvalue weighted by atomic mass is 32.1. The molecule has 2 rings (SSSR count). The van der Waals surface area contributed by atoms with Crippen molar-refractivity contribution in [2.45, 2.75) is 40.3 Å². The van der Waals surface area contributed by atoms with Gasteiger partial charge in [-0.05, 0) is 32.9 Å². The third-order valence-electron chi connectivity index (χ3n) is 3.48. The van der Waals surface area contributed by atoms with E-state index in [1.807, 2.05) is 18.6 Å². The molecule has 4 nitrogen and oxygen atoms in total. The second kappa shape index (κ2) is 7.52. The summed E-state index contributed by atoms with van der Waals surface area (Å²) in [6.07, 6.45) is 3.13. The molecule has 0 aliphatic carbocycles. The molecule has 0 saturated carbocycles. The van der Waals surface area contributed by atoms with Crippen molar-refractivity contribution in [1.82, 2.24) is 15.3 Å². The summed E-state index contributed by atoms with van der Waals surface area (Å²) in [6.45, 7) is 9.08. The van der Waals surface area contributed by atoms with Gasteiger partial charge in [-0.2, -0.15) is 0 Å². The Kier molecular flexibility index (Phi) is 5.70. The van der Waals surface area contributed by atoms with Crippen LogP contribution in [-0.2, 0) is 13.1 Å². The molecular formula is C16H24N4S. The van der Waals surface area contributed by atoms with E-state index in [0.717, 1.165) is 37.4 Å². The van der Waals surface area contributed by atoms with Gasteiger partial charge in [0.15, 0.2) is 0 Å². The topological polar surface area (TPSA) is 41.1 Å². The minimum Gasteiger partial charge on any atom is -0.369 e. The van der Waals surface area contributed by atoms with E-state index in [1.54, 1.807) is 11.3 Å². The van der Waals surface area contributed by atoms with Crippen LogP contribution in [0.25, 0.3) is 0 Å². The van der Waals surface area contributed by atoms with Crippen LogP contribution in [0.5, 0.6) is 0 Å². The Morgan fingerprint density at radius 1 is 1.29 bits per heavy atom. The van der Waals surface area contributed by atoms with Crippen molar-refractivity contribution in [1.29, 1.82) is 0 Å². The SMILES string of the molecule is CCCNCc1cnc(C)cc1N(C)Cc1scnc1C. The van der Waals surface area contributed by atoms with Crippen molar-refractivity contribution < 1.29 is 0 Å². The van der Waals surface area contributed by atoms with Gasteiger partial charge in [-0.15, -0.1) is 11.3 Å². The largest absolute Gasteiger partial charge is 0.369 e. The van der Waals surface area contributed by atoms with Gasteiger partial charge in [-0.25, -0.2) is 4.98 Å². The first-order valence-electron chi connectivity index (χ1n) is 7.38. The Balaban J connectivity index is 2.16. The van der Waals surface area contributed by atoms with Crippen molar-refractivity contribution in [2.24, 2.45) is 0 Å². The number of aromatic nitrogens is 2. The average molecular weight is 304 g/mol. The molecule has 1 N–H and O–H groups in total. The molecule has 2 heterocycles. The second-order valence-corrected chi connectivity index (χ2v) is 6.29. The molecule has 21 heavy (non-hydrogen) atoms. The maximum absolute atomic E-state index is 4.44. The summed E-state index contributed by atoms with van der Waals surface area (Å²) < 4.78 is 0. The number of hydrogen-bond acceptors (Lipinski definition) is 5. The minimum atomic E-state index is 0.864. The second-order valence-electron chi connectivity index (χ2n) is 5.35. The monoisotopic (exact) mass is 304 g/mol. The third-order valence-corrected chi connectivity index (χ3v) is 4.40. The summed E-state index contributed by atoms with van der Waals surface area (Å²) in [4.78, 5) is 12.4. The van der Waals surface area contributed by atoms with E-state index in [-0.39, 0.29) is 0 Å². The summed E-state index contributed by atoms with van der Waals surface area (Å²) >= 11 is 1.72. The van der Waals surface area contributed by atoms with Crippen LogP contribution < -0.4 is 10.2 Å². The molecule has 0 bridgehead atoms. The van der Waals surface area contributed by atoms with Gasteiger partial charge in [-0.1, -0.05) is 6.92 Å². The quantitative estimate of drug-likeness (QED) is 0.797. The van der Waals surface area contributed by atoms with Crippen LogP contribution in [-0.4, -0.2) is 23.6 Å². The Hall–Kier alpha value is -1.46. The van der Waals surface area contributed by atoms with Gasteiger partial charge in [0.25, 0.3) is 0 Å². The number of aryl methyl sites for hydroxylation is 2. The van der Waals surface area contributed by atoms with E-state index < -0.39 is 0 Å². The van der Waals surface area contributed by atoms with Gasteiger partial charge >= 0.3 is 0 Å². The smallest absolute Gasteiger partial charge is 0.0798 e. The summed E-state index contributed by atoms with van der Waals surface area (Å²) in [7, 11) is 2.14. The van der Waals surface area contributed by atoms with Crippen molar-refractivity contribution >= 4 is 17.0 Å². The minimum absolute atomic E-state index is 0.864. The van der Waals surface area contributed by atoms with Crippen LogP contribution >= 0.6 is 11.3 Å². The van der Waals surface area contributed by atoms with E-state index in [0.29, 0.717) is 0 Å². The number of hydrogen-bond donors (Lipinski definition) is 1. The highest BCUT2D eigenvalue weighted by Crippen LogP contribution is 2.23. The number of thiazole rings is 1. The Morgan fingerprint density at radius 3 is 2.76 bits per heavy atom. The molecule has 0 aliphatic heterocycles. The van der Waals surface area contributed by atoms with Crippen LogP contribution in [0.1, 0.15) is 35.2 Å². The molecule has 114 valence electrons. The zero-order valence-corrected chi connectivity index (χ0v) is 14.1. The third kappa shape index (κ3) is 4.25. The molecule has 0 unspecified atom stereocenters. The van der Waals surface area contributed by atoms with E-state index in [4.69, 9.17) is 0 Å². The molecule has 0 saturated heterocycles. The molecule has 0 aromatic carbocycles. The normalized spacial score (nSPS) is 10.9. The Labute approximate surface area is 131 Å². The Bertz CT molecular complexity index is 579. The lowest BCUT2D eigenvalue weighted by atomic mass is 10.2. The molecule has 0 fully saturated rings. The van der Waals surface area contributed by atoms with Crippen LogP contribution in [0.15, 0.2) is 17.8 Å². The summed E-state index contributed by atoms with van der Waals surface area (Å²) in [5.41, 5.74) is 6.60.